The Morgan fingerprint density at radius 1 is 0.380 bits per heavy atom. The predicted molar refractivity (Wildman–Crippen MR) is 210 cm³/mol. The molecule has 0 aromatic carbocycles. The van der Waals surface area contributed by atoms with Gasteiger partial charge in [-0.25, -0.2) is 0 Å². The average Bonchev–Trinajstić information content (AvgIpc) is 3.08. The zero-order valence-electron chi connectivity index (χ0n) is 34.0. The van der Waals surface area contributed by atoms with Crippen LogP contribution in [0.25, 0.3) is 0 Å². The van der Waals surface area contributed by atoms with E-state index in [9.17, 15) is 14.4 Å². The van der Waals surface area contributed by atoms with Gasteiger partial charge in [-0.15, -0.1) is 0 Å². The van der Waals surface area contributed by atoms with E-state index >= 15 is 0 Å². The summed E-state index contributed by atoms with van der Waals surface area (Å²) in [5.74, 6) is 0.718. The lowest BCUT2D eigenvalue weighted by atomic mass is 10.0. The third kappa shape index (κ3) is 37.7. The molecule has 0 saturated carbocycles. The van der Waals surface area contributed by atoms with Crippen LogP contribution >= 0.6 is 0 Å². The molecule has 0 spiro atoms. The molecular weight excluding hydrogens is 624 g/mol. The molecule has 0 unspecified atom stereocenters. The van der Waals surface area contributed by atoms with Crippen molar-refractivity contribution in [1.29, 1.82) is 0 Å². The molecule has 0 aromatic heterocycles. The number of esters is 3. The van der Waals surface area contributed by atoms with Gasteiger partial charge in [-0.2, -0.15) is 0 Å². The number of ether oxygens (including phenoxy) is 3. The lowest BCUT2D eigenvalue weighted by molar-refractivity contribution is -0.167. The zero-order valence-corrected chi connectivity index (χ0v) is 34.0. The molecule has 0 aromatic rings. The summed E-state index contributed by atoms with van der Waals surface area (Å²) in [4.78, 5) is 37.5. The van der Waals surface area contributed by atoms with Crippen molar-refractivity contribution in [3.05, 3.63) is 0 Å². The minimum atomic E-state index is -0.759. The topological polar surface area (TPSA) is 78.9 Å². The predicted octanol–water partition coefficient (Wildman–Crippen LogP) is 13.4. The third-order valence-electron chi connectivity index (χ3n) is 9.72. The van der Waals surface area contributed by atoms with E-state index in [1.807, 2.05) is 0 Å². The molecule has 0 aliphatic carbocycles. The van der Waals surface area contributed by atoms with Gasteiger partial charge in [-0.1, -0.05) is 195 Å². The monoisotopic (exact) mass is 709 g/mol. The third-order valence-corrected chi connectivity index (χ3v) is 9.72. The second-order valence-corrected chi connectivity index (χ2v) is 15.9. The van der Waals surface area contributed by atoms with Crippen LogP contribution in [0.2, 0.25) is 0 Å². The Kier molecular flexibility index (Phi) is 36.0. The fourth-order valence-electron chi connectivity index (χ4n) is 6.40. The number of hydrogen-bond acceptors (Lipinski definition) is 6. The van der Waals surface area contributed by atoms with Gasteiger partial charge in [-0.3, -0.25) is 14.4 Å². The minimum absolute atomic E-state index is 0.0663. The minimum Gasteiger partial charge on any atom is -0.462 e. The average molecular weight is 709 g/mol. The first-order valence-corrected chi connectivity index (χ1v) is 21.7. The van der Waals surface area contributed by atoms with Crippen molar-refractivity contribution < 1.29 is 28.6 Å². The molecule has 0 aliphatic rings. The molecule has 50 heavy (non-hydrogen) atoms. The summed E-state index contributed by atoms with van der Waals surface area (Å²) in [5.41, 5.74) is 0. The molecular formula is C44H84O6. The van der Waals surface area contributed by atoms with Crippen molar-refractivity contribution >= 4 is 17.9 Å². The van der Waals surface area contributed by atoms with E-state index in [0.29, 0.717) is 19.3 Å². The summed E-state index contributed by atoms with van der Waals surface area (Å²) in [5, 5.41) is 0. The lowest BCUT2D eigenvalue weighted by Gasteiger charge is -2.18. The highest BCUT2D eigenvalue weighted by Gasteiger charge is 2.19. The molecule has 0 saturated heterocycles. The number of carbonyl (C=O) groups excluding carboxylic acids is 3. The maximum absolute atomic E-state index is 12.6. The van der Waals surface area contributed by atoms with Gasteiger partial charge in [0, 0.05) is 19.3 Å². The Morgan fingerprint density at radius 2 is 0.660 bits per heavy atom. The van der Waals surface area contributed by atoms with Crippen LogP contribution in [-0.2, 0) is 28.6 Å². The highest BCUT2D eigenvalue weighted by Crippen LogP contribution is 2.16. The molecule has 0 radical (unpaired) electrons. The largest absolute Gasteiger partial charge is 0.462 e. The van der Waals surface area contributed by atoms with Crippen molar-refractivity contribution in [2.45, 2.75) is 240 Å². The molecule has 0 amide bonds. The van der Waals surface area contributed by atoms with Crippen molar-refractivity contribution in [1.82, 2.24) is 0 Å². The highest BCUT2D eigenvalue weighted by molar-refractivity contribution is 5.71. The van der Waals surface area contributed by atoms with E-state index in [2.05, 4.69) is 34.6 Å². The molecule has 0 bridgehead atoms. The van der Waals surface area contributed by atoms with Crippen LogP contribution in [0.4, 0.5) is 0 Å². The van der Waals surface area contributed by atoms with Crippen LogP contribution in [0.3, 0.4) is 0 Å². The van der Waals surface area contributed by atoms with Crippen LogP contribution in [0.1, 0.15) is 234 Å². The Hall–Kier alpha value is -1.59. The van der Waals surface area contributed by atoms with E-state index in [1.165, 1.54) is 122 Å². The van der Waals surface area contributed by atoms with Crippen molar-refractivity contribution in [2.24, 2.45) is 11.8 Å². The fourth-order valence-corrected chi connectivity index (χ4v) is 6.40. The van der Waals surface area contributed by atoms with Gasteiger partial charge >= 0.3 is 17.9 Å². The van der Waals surface area contributed by atoms with E-state index in [1.54, 1.807) is 0 Å². The summed E-state index contributed by atoms with van der Waals surface area (Å²) in [6.07, 6.45) is 33.9. The molecule has 296 valence electrons. The van der Waals surface area contributed by atoms with Crippen LogP contribution in [-0.4, -0.2) is 37.2 Å². The Morgan fingerprint density at radius 3 is 0.980 bits per heavy atom. The van der Waals surface area contributed by atoms with Crippen LogP contribution in [0, 0.1) is 11.8 Å². The maximum atomic E-state index is 12.6. The summed E-state index contributed by atoms with van der Waals surface area (Å²) in [7, 11) is 0. The lowest BCUT2D eigenvalue weighted by Crippen LogP contribution is -2.30. The number of carbonyl (C=O) groups is 3. The Bertz CT molecular complexity index is 764. The molecule has 1 atom stereocenters. The number of hydrogen-bond donors (Lipinski definition) is 0. The molecule has 0 fully saturated rings. The number of rotatable bonds is 38. The van der Waals surface area contributed by atoms with Gasteiger partial charge in [0.1, 0.15) is 13.2 Å². The van der Waals surface area contributed by atoms with Gasteiger partial charge in [0.05, 0.1) is 0 Å². The normalized spacial score (nSPS) is 12.1. The molecule has 0 N–H and O–H groups in total. The van der Waals surface area contributed by atoms with Crippen molar-refractivity contribution in [2.75, 3.05) is 13.2 Å². The van der Waals surface area contributed by atoms with E-state index < -0.39 is 6.10 Å². The van der Waals surface area contributed by atoms with Gasteiger partial charge in [0.15, 0.2) is 6.10 Å². The molecule has 0 heterocycles. The Balaban J connectivity index is 4.29. The molecule has 0 aliphatic heterocycles. The second-order valence-electron chi connectivity index (χ2n) is 15.9. The smallest absolute Gasteiger partial charge is 0.306 e. The second kappa shape index (κ2) is 37.2. The van der Waals surface area contributed by atoms with Gasteiger partial charge in [-0.05, 0) is 31.1 Å². The van der Waals surface area contributed by atoms with E-state index in [0.717, 1.165) is 69.6 Å². The standard InChI is InChI=1S/C44H84O6/c1-6-7-8-9-10-14-18-24-29-34-42(45)48-37-41(50-44(47)36-31-26-21-20-23-28-33-40(4)5)38-49-43(46)35-30-25-19-16-13-11-12-15-17-22-27-32-39(2)3/h39-41H,6-38H2,1-5H3/t41-/m1/s1. The van der Waals surface area contributed by atoms with Crippen LogP contribution in [0.5, 0.6) is 0 Å². The van der Waals surface area contributed by atoms with Crippen LogP contribution < -0.4 is 0 Å². The van der Waals surface area contributed by atoms with Gasteiger partial charge < -0.3 is 14.2 Å². The first kappa shape index (κ1) is 48.4. The maximum Gasteiger partial charge on any atom is 0.306 e. The van der Waals surface area contributed by atoms with Gasteiger partial charge in [0.25, 0.3) is 0 Å². The summed E-state index contributed by atoms with van der Waals surface area (Å²) >= 11 is 0. The first-order chi connectivity index (χ1) is 24.2. The van der Waals surface area contributed by atoms with Crippen LogP contribution in [0.15, 0.2) is 0 Å². The quantitative estimate of drug-likeness (QED) is 0.0361. The van der Waals surface area contributed by atoms with Crippen molar-refractivity contribution in [3.63, 3.8) is 0 Å². The molecule has 6 heteroatoms. The van der Waals surface area contributed by atoms with Gasteiger partial charge in [0.2, 0.25) is 0 Å². The summed E-state index contributed by atoms with van der Waals surface area (Å²) in [6, 6.07) is 0. The highest BCUT2D eigenvalue weighted by atomic mass is 16.6. The summed E-state index contributed by atoms with van der Waals surface area (Å²) in [6.45, 7) is 11.2. The zero-order chi connectivity index (χ0) is 36.9. The first-order valence-electron chi connectivity index (χ1n) is 21.7. The molecule has 0 rings (SSSR count). The molecule has 6 nitrogen and oxygen atoms in total. The summed E-state index contributed by atoms with van der Waals surface area (Å²) < 4.78 is 16.6. The van der Waals surface area contributed by atoms with Crippen molar-refractivity contribution in [3.8, 4) is 0 Å². The van der Waals surface area contributed by atoms with E-state index in [-0.39, 0.29) is 31.1 Å². The SMILES string of the molecule is CCCCCCCCCCCC(=O)OC[C@H](COC(=O)CCCCCCCCCCCCCC(C)C)OC(=O)CCCCCCCCC(C)C. The number of unbranched alkanes of at least 4 members (excludes halogenated alkanes) is 23. The van der Waals surface area contributed by atoms with E-state index in [4.69, 9.17) is 14.2 Å². The Labute approximate surface area is 310 Å². The fraction of sp³-hybridized carbons (Fsp3) is 0.932.